The van der Waals surface area contributed by atoms with Crippen LogP contribution in [-0.4, -0.2) is 32.7 Å². The molecular formula is C23H21Br2NO3. The lowest BCUT2D eigenvalue weighted by molar-refractivity contribution is -0.139. The number of esters is 1. The van der Waals surface area contributed by atoms with Crippen LogP contribution in [0.3, 0.4) is 0 Å². The maximum atomic E-state index is 13.2. The number of hydrogen-bond acceptors (Lipinski definition) is 3. The summed E-state index contributed by atoms with van der Waals surface area (Å²) in [6.45, 7) is 2.09. The molecule has 0 aromatic heterocycles. The first-order chi connectivity index (χ1) is 13.9. The Labute approximate surface area is 187 Å². The summed E-state index contributed by atoms with van der Waals surface area (Å²) in [4.78, 5) is 27.7. The Bertz CT molecular complexity index is 943. The minimum Gasteiger partial charge on any atom is -0.463 e. The molecule has 1 amide bonds. The average Bonchev–Trinajstić information content (AvgIpc) is 3.31. The summed E-state index contributed by atoms with van der Waals surface area (Å²) in [6, 6.07) is 19.1. The molecule has 2 aromatic carbocycles. The summed E-state index contributed by atoms with van der Waals surface area (Å²) in [6.07, 6.45) is 2.41. The Morgan fingerprint density at radius 2 is 1.66 bits per heavy atom. The topological polar surface area (TPSA) is 46.6 Å². The summed E-state index contributed by atoms with van der Waals surface area (Å²) < 4.78 is 4.91. The summed E-state index contributed by atoms with van der Waals surface area (Å²) >= 11 is 7.53. The maximum absolute atomic E-state index is 13.2. The van der Waals surface area contributed by atoms with Crippen LogP contribution in [0.4, 0.5) is 0 Å². The number of halogens is 2. The molecule has 0 bridgehead atoms. The van der Waals surface area contributed by atoms with Gasteiger partial charge in [0.1, 0.15) is 3.23 Å². The molecule has 0 saturated heterocycles. The minimum absolute atomic E-state index is 0.0553. The largest absolute Gasteiger partial charge is 0.463 e. The smallest absolute Gasteiger partial charge is 0.335 e. The van der Waals surface area contributed by atoms with E-state index in [-0.39, 0.29) is 29.8 Å². The number of rotatable bonds is 5. The number of carbonyl (C=O) groups is 2. The van der Waals surface area contributed by atoms with Crippen LogP contribution in [0.15, 0.2) is 72.4 Å². The van der Waals surface area contributed by atoms with Gasteiger partial charge in [-0.3, -0.25) is 4.79 Å². The zero-order chi connectivity index (χ0) is 20.6. The second kappa shape index (κ2) is 8.07. The minimum atomic E-state index is -0.436. The van der Waals surface area contributed by atoms with E-state index in [1.807, 2.05) is 36.4 Å². The van der Waals surface area contributed by atoms with E-state index in [0.717, 1.165) is 5.56 Å². The van der Waals surface area contributed by atoms with Gasteiger partial charge in [0, 0.05) is 23.6 Å². The summed E-state index contributed by atoms with van der Waals surface area (Å²) in [5.41, 5.74) is 2.29. The van der Waals surface area contributed by atoms with E-state index in [4.69, 9.17) is 4.74 Å². The first-order valence-corrected chi connectivity index (χ1v) is 11.2. The Kier molecular flexibility index (Phi) is 5.67. The maximum Gasteiger partial charge on any atom is 0.335 e. The lowest BCUT2D eigenvalue weighted by atomic mass is 9.85. The molecule has 0 unspecified atom stereocenters. The van der Waals surface area contributed by atoms with Crippen molar-refractivity contribution in [1.29, 1.82) is 0 Å². The second-order valence-corrected chi connectivity index (χ2v) is 11.0. The summed E-state index contributed by atoms with van der Waals surface area (Å²) in [5.74, 6) is -0.485. The zero-order valence-electron chi connectivity index (χ0n) is 15.9. The van der Waals surface area contributed by atoms with Gasteiger partial charge in [0.15, 0.2) is 0 Å². The van der Waals surface area contributed by atoms with Crippen LogP contribution in [0, 0.1) is 11.8 Å². The lowest BCUT2D eigenvalue weighted by Gasteiger charge is -2.29. The summed E-state index contributed by atoms with van der Waals surface area (Å²) in [7, 11) is 0. The molecule has 1 saturated carbocycles. The molecule has 29 heavy (non-hydrogen) atoms. The van der Waals surface area contributed by atoms with E-state index in [2.05, 4.69) is 44.0 Å². The monoisotopic (exact) mass is 517 g/mol. The molecule has 1 aliphatic heterocycles. The molecule has 2 aromatic rings. The third-order valence-electron chi connectivity index (χ3n) is 5.55. The van der Waals surface area contributed by atoms with Crippen LogP contribution in [-0.2, 0) is 16.0 Å². The highest BCUT2D eigenvalue weighted by atomic mass is 79.9. The molecule has 2 aliphatic rings. The van der Waals surface area contributed by atoms with Crippen molar-refractivity contribution in [2.24, 2.45) is 11.8 Å². The predicted molar refractivity (Wildman–Crippen MR) is 119 cm³/mol. The van der Waals surface area contributed by atoms with E-state index >= 15 is 0 Å². The molecule has 0 radical (unpaired) electrons. The molecule has 6 heteroatoms. The van der Waals surface area contributed by atoms with Gasteiger partial charge in [0.05, 0.1) is 18.2 Å². The van der Waals surface area contributed by atoms with Gasteiger partial charge in [-0.05, 0) is 31.0 Å². The Morgan fingerprint density at radius 3 is 2.28 bits per heavy atom. The third kappa shape index (κ3) is 3.80. The fourth-order valence-corrected chi connectivity index (χ4v) is 6.02. The highest BCUT2D eigenvalue weighted by Crippen LogP contribution is 2.66. The lowest BCUT2D eigenvalue weighted by Crippen LogP contribution is -2.37. The molecule has 4 rings (SSSR count). The average molecular weight is 519 g/mol. The van der Waals surface area contributed by atoms with E-state index in [1.165, 1.54) is 0 Å². The highest BCUT2D eigenvalue weighted by molar-refractivity contribution is 9.25. The van der Waals surface area contributed by atoms with E-state index in [0.29, 0.717) is 24.2 Å². The predicted octanol–water partition coefficient (Wildman–Crippen LogP) is 4.93. The van der Waals surface area contributed by atoms with Gasteiger partial charge in [-0.25, -0.2) is 4.79 Å². The quantitative estimate of drug-likeness (QED) is 0.416. The summed E-state index contributed by atoms with van der Waals surface area (Å²) in [5, 5.41) is 0. The molecule has 4 nitrogen and oxygen atoms in total. The van der Waals surface area contributed by atoms with Crippen molar-refractivity contribution in [3.05, 3.63) is 83.6 Å². The first-order valence-electron chi connectivity index (χ1n) is 9.63. The van der Waals surface area contributed by atoms with Gasteiger partial charge < -0.3 is 9.64 Å². The first kappa shape index (κ1) is 20.4. The van der Waals surface area contributed by atoms with Gasteiger partial charge in [-0.1, -0.05) is 80.4 Å². The fourth-order valence-electron chi connectivity index (χ4n) is 4.14. The molecule has 3 atom stereocenters. The van der Waals surface area contributed by atoms with Crippen LogP contribution in [0.25, 0.3) is 0 Å². The second-order valence-electron chi connectivity index (χ2n) is 7.32. The van der Waals surface area contributed by atoms with Crippen molar-refractivity contribution in [1.82, 2.24) is 4.90 Å². The van der Waals surface area contributed by atoms with Crippen LogP contribution in [0.2, 0.25) is 0 Å². The Balaban J connectivity index is 1.73. The molecule has 1 aliphatic carbocycles. The molecule has 0 N–H and O–H groups in total. The molecule has 1 heterocycles. The van der Waals surface area contributed by atoms with E-state index in [9.17, 15) is 9.59 Å². The van der Waals surface area contributed by atoms with Crippen molar-refractivity contribution in [3.8, 4) is 0 Å². The molecular weight excluding hydrogens is 498 g/mol. The van der Waals surface area contributed by atoms with E-state index in [1.54, 1.807) is 30.2 Å². The molecule has 150 valence electrons. The fraction of sp³-hybridized carbons (Fsp3) is 0.304. The van der Waals surface area contributed by atoms with Crippen molar-refractivity contribution < 1.29 is 14.3 Å². The van der Waals surface area contributed by atoms with Gasteiger partial charge in [0.2, 0.25) is 0 Å². The normalized spacial score (nSPS) is 24.3. The number of carbonyl (C=O) groups excluding carboxylic acids is 2. The number of hydrogen-bond donors (Lipinski definition) is 0. The van der Waals surface area contributed by atoms with Crippen molar-refractivity contribution in [2.75, 3.05) is 6.61 Å². The van der Waals surface area contributed by atoms with E-state index < -0.39 is 3.23 Å². The Morgan fingerprint density at radius 1 is 1.03 bits per heavy atom. The van der Waals surface area contributed by atoms with Gasteiger partial charge in [-0.2, -0.15) is 0 Å². The van der Waals surface area contributed by atoms with Gasteiger partial charge in [0.25, 0.3) is 5.91 Å². The van der Waals surface area contributed by atoms with Crippen molar-refractivity contribution in [3.63, 3.8) is 0 Å². The number of ether oxygens (including phenoxy) is 1. The van der Waals surface area contributed by atoms with Crippen LogP contribution in [0.5, 0.6) is 0 Å². The van der Waals surface area contributed by atoms with Crippen LogP contribution in [0.1, 0.15) is 22.8 Å². The third-order valence-corrected chi connectivity index (χ3v) is 7.54. The van der Waals surface area contributed by atoms with Gasteiger partial charge in [-0.15, -0.1) is 0 Å². The molecule has 0 spiro atoms. The number of alkyl halides is 2. The number of nitrogens with zero attached hydrogens (tertiary/aromatic N) is 1. The molecule has 1 fully saturated rings. The Hall–Kier alpha value is -1.92. The van der Waals surface area contributed by atoms with Crippen LogP contribution < -0.4 is 0 Å². The number of benzene rings is 2. The standard InChI is InChI=1S/C23H21Br2NO3/c1-2-29-22(28)18-14-26(21(27)16-11-7-4-8-12-16)20-19(23(20,24)25)17(18)13-15-9-5-3-6-10-15/h3-12,14,17,19-20H,2,13H2,1H3/t17-,19-,20-/m1/s1. The number of fused-ring (bicyclic) bond motifs is 1. The van der Waals surface area contributed by atoms with Crippen molar-refractivity contribution >= 4 is 43.7 Å². The van der Waals surface area contributed by atoms with Crippen LogP contribution >= 0.6 is 31.9 Å². The van der Waals surface area contributed by atoms with Crippen molar-refractivity contribution in [2.45, 2.75) is 22.6 Å². The highest BCUT2D eigenvalue weighted by Gasteiger charge is 2.70. The van der Waals surface area contributed by atoms with Gasteiger partial charge >= 0.3 is 5.97 Å². The number of amides is 1. The zero-order valence-corrected chi connectivity index (χ0v) is 19.1. The SMILES string of the molecule is CCOC(=O)C1=CN(C(=O)c2ccccc2)[C@@H]2[C@@H]([C@@H]1Cc1ccccc1)C2(Br)Br.